The Balaban J connectivity index is 2.09. The normalized spacial score (nSPS) is 22.2. The van der Waals surface area contributed by atoms with Crippen LogP contribution in [0.25, 0.3) is 0 Å². The molecule has 0 aliphatic carbocycles. The summed E-state index contributed by atoms with van der Waals surface area (Å²) in [6, 6.07) is 4.74. The lowest BCUT2D eigenvalue weighted by molar-refractivity contribution is 0.181. The molecule has 7 heteroatoms. The van der Waals surface area contributed by atoms with Crippen molar-refractivity contribution in [3.63, 3.8) is 0 Å². The Morgan fingerprint density at radius 2 is 2.19 bits per heavy atom. The molecule has 1 saturated heterocycles. The van der Waals surface area contributed by atoms with Gasteiger partial charge < -0.3 is 5.32 Å². The fourth-order valence-electron chi connectivity index (χ4n) is 2.54. The van der Waals surface area contributed by atoms with Crippen molar-refractivity contribution in [2.75, 3.05) is 13.1 Å². The van der Waals surface area contributed by atoms with E-state index in [-0.39, 0.29) is 16.4 Å². The van der Waals surface area contributed by atoms with Crippen molar-refractivity contribution < 1.29 is 8.42 Å². The molecule has 1 aliphatic heterocycles. The Hall–Kier alpha value is -0.140. The number of benzene rings is 1. The van der Waals surface area contributed by atoms with Gasteiger partial charge in [-0.25, -0.2) is 13.1 Å². The van der Waals surface area contributed by atoms with Gasteiger partial charge in [-0.3, -0.25) is 0 Å². The molecule has 0 aromatic heterocycles. The molecule has 118 valence electrons. The standard InChI is InChI=1S/C14H20BrClN2O2S/c1-14(2)6-3-7-17-13(14)9-18-21(19,20)10-4-5-12(16)11(15)8-10/h4-5,8,13,17-18H,3,6-7,9H2,1-2H3. The topological polar surface area (TPSA) is 58.2 Å². The second-order valence-electron chi connectivity index (χ2n) is 6.03. The van der Waals surface area contributed by atoms with Gasteiger partial charge in [0, 0.05) is 17.1 Å². The third-order valence-corrected chi connectivity index (χ3v) is 6.65. The molecular formula is C14H20BrClN2O2S. The number of piperidine rings is 1. The average Bonchev–Trinajstić information content (AvgIpc) is 2.40. The van der Waals surface area contributed by atoms with Gasteiger partial charge in [-0.2, -0.15) is 0 Å². The molecule has 0 spiro atoms. The maximum Gasteiger partial charge on any atom is 0.240 e. The Labute approximate surface area is 139 Å². The minimum Gasteiger partial charge on any atom is -0.312 e. The van der Waals surface area contributed by atoms with Crippen LogP contribution in [0.4, 0.5) is 0 Å². The van der Waals surface area contributed by atoms with Gasteiger partial charge in [0.1, 0.15) is 0 Å². The summed E-state index contributed by atoms with van der Waals surface area (Å²) in [6.07, 6.45) is 2.22. The van der Waals surface area contributed by atoms with Crippen LogP contribution in [0, 0.1) is 5.41 Å². The Kier molecular flexibility index (Phi) is 5.36. The van der Waals surface area contributed by atoms with Crippen LogP contribution >= 0.6 is 27.5 Å². The number of nitrogens with one attached hydrogen (secondary N) is 2. The fourth-order valence-corrected chi connectivity index (χ4v) is 4.26. The van der Waals surface area contributed by atoms with E-state index in [2.05, 4.69) is 39.8 Å². The summed E-state index contributed by atoms with van der Waals surface area (Å²) in [7, 11) is -3.53. The SMILES string of the molecule is CC1(C)CCCNC1CNS(=O)(=O)c1ccc(Cl)c(Br)c1. The predicted octanol–water partition coefficient (Wildman–Crippen LogP) is 3.16. The number of sulfonamides is 1. The highest BCUT2D eigenvalue weighted by atomic mass is 79.9. The molecule has 2 rings (SSSR count). The molecular weight excluding hydrogens is 376 g/mol. The molecule has 0 amide bonds. The molecule has 1 heterocycles. The van der Waals surface area contributed by atoms with Crippen LogP contribution in [-0.2, 0) is 10.0 Å². The first-order chi connectivity index (χ1) is 9.72. The van der Waals surface area contributed by atoms with Crippen LogP contribution in [0.1, 0.15) is 26.7 Å². The quantitative estimate of drug-likeness (QED) is 0.823. The second kappa shape index (κ2) is 6.54. The van der Waals surface area contributed by atoms with Crippen LogP contribution in [0.2, 0.25) is 5.02 Å². The minimum atomic E-state index is -3.53. The van der Waals surface area contributed by atoms with Gasteiger partial charge in [-0.05, 0) is 58.9 Å². The van der Waals surface area contributed by atoms with E-state index in [0.717, 1.165) is 19.4 Å². The smallest absolute Gasteiger partial charge is 0.240 e. The summed E-state index contributed by atoms with van der Waals surface area (Å²) >= 11 is 9.14. The highest BCUT2D eigenvalue weighted by Crippen LogP contribution is 2.30. The first-order valence-corrected chi connectivity index (χ1v) is 9.56. The van der Waals surface area contributed by atoms with E-state index in [0.29, 0.717) is 16.0 Å². The largest absolute Gasteiger partial charge is 0.312 e. The van der Waals surface area contributed by atoms with E-state index in [9.17, 15) is 8.42 Å². The number of hydrogen-bond acceptors (Lipinski definition) is 3. The number of halogens is 2. The summed E-state index contributed by atoms with van der Waals surface area (Å²) in [5, 5.41) is 3.89. The zero-order chi connectivity index (χ0) is 15.7. The van der Waals surface area contributed by atoms with E-state index in [4.69, 9.17) is 11.6 Å². The highest BCUT2D eigenvalue weighted by molar-refractivity contribution is 9.10. The van der Waals surface area contributed by atoms with Crippen molar-refractivity contribution in [2.24, 2.45) is 5.41 Å². The summed E-state index contributed by atoms with van der Waals surface area (Å²) in [5.41, 5.74) is 0.0847. The van der Waals surface area contributed by atoms with E-state index < -0.39 is 10.0 Å². The molecule has 1 fully saturated rings. The second-order valence-corrected chi connectivity index (χ2v) is 9.06. The monoisotopic (exact) mass is 394 g/mol. The van der Waals surface area contributed by atoms with Gasteiger partial charge in [0.05, 0.1) is 9.92 Å². The number of hydrogen-bond donors (Lipinski definition) is 2. The van der Waals surface area contributed by atoms with Crippen molar-refractivity contribution in [2.45, 2.75) is 37.6 Å². The summed E-state index contributed by atoms with van der Waals surface area (Å²) < 4.78 is 28.0. The van der Waals surface area contributed by atoms with E-state index in [1.165, 1.54) is 12.1 Å². The summed E-state index contributed by atoms with van der Waals surface area (Å²) in [5.74, 6) is 0. The average molecular weight is 396 g/mol. The lowest BCUT2D eigenvalue weighted by Gasteiger charge is -2.39. The Morgan fingerprint density at radius 3 is 2.81 bits per heavy atom. The lowest BCUT2D eigenvalue weighted by atomic mass is 9.78. The van der Waals surface area contributed by atoms with Gasteiger partial charge in [0.25, 0.3) is 0 Å². The lowest BCUT2D eigenvalue weighted by Crippen LogP contribution is -2.52. The fraction of sp³-hybridized carbons (Fsp3) is 0.571. The van der Waals surface area contributed by atoms with Crippen molar-refractivity contribution >= 4 is 37.6 Å². The third kappa shape index (κ3) is 4.20. The third-order valence-electron chi connectivity index (χ3n) is 4.01. The molecule has 0 bridgehead atoms. The maximum atomic E-state index is 12.3. The van der Waals surface area contributed by atoms with Crippen molar-refractivity contribution in [3.05, 3.63) is 27.7 Å². The molecule has 1 atom stereocenters. The Morgan fingerprint density at radius 1 is 1.48 bits per heavy atom. The molecule has 1 aromatic rings. The first-order valence-electron chi connectivity index (χ1n) is 6.90. The van der Waals surface area contributed by atoms with Crippen molar-refractivity contribution in [3.8, 4) is 0 Å². The van der Waals surface area contributed by atoms with E-state index in [1.807, 2.05) is 0 Å². The molecule has 1 unspecified atom stereocenters. The van der Waals surface area contributed by atoms with Crippen LogP contribution in [0.5, 0.6) is 0 Å². The van der Waals surface area contributed by atoms with Crippen LogP contribution in [-0.4, -0.2) is 27.5 Å². The van der Waals surface area contributed by atoms with Crippen molar-refractivity contribution in [1.29, 1.82) is 0 Å². The van der Waals surface area contributed by atoms with Gasteiger partial charge in [-0.15, -0.1) is 0 Å². The van der Waals surface area contributed by atoms with Crippen LogP contribution in [0.3, 0.4) is 0 Å². The molecule has 0 radical (unpaired) electrons. The van der Waals surface area contributed by atoms with Gasteiger partial charge in [0.2, 0.25) is 10.0 Å². The number of rotatable bonds is 4. The van der Waals surface area contributed by atoms with Crippen LogP contribution < -0.4 is 10.0 Å². The van der Waals surface area contributed by atoms with Crippen molar-refractivity contribution in [1.82, 2.24) is 10.0 Å². The molecule has 2 N–H and O–H groups in total. The van der Waals surface area contributed by atoms with Gasteiger partial charge >= 0.3 is 0 Å². The molecule has 4 nitrogen and oxygen atoms in total. The molecule has 1 aromatic carbocycles. The van der Waals surface area contributed by atoms with Gasteiger partial charge in [0.15, 0.2) is 0 Å². The van der Waals surface area contributed by atoms with Crippen LogP contribution in [0.15, 0.2) is 27.6 Å². The van der Waals surface area contributed by atoms with E-state index >= 15 is 0 Å². The maximum absolute atomic E-state index is 12.3. The zero-order valence-electron chi connectivity index (χ0n) is 12.1. The molecule has 1 aliphatic rings. The minimum absolute atomic E-state index is 0.0847. The van der Waals surface area contributed by atoms with E-state index in [1.54, 1.807) is 6.07 Å². The Bertz CT molecular complexity index is 619. The highest BCUT2D eigenvalue weighted by Gasteiger charge is 2.32. The molecule has 0 saturated carbocycles. The summed E-state index contributed by atoms with van der Waals surface area (Å²) in [6.45, 7) is 5.64. The molecule has 21 heavy (non-hydrogen) atoms. The first kappa shape index (κ1) is 17.2. The van der Waals surface area contributed by atoms with Gasteiger partial charge in [-0.1, -0.05) is 25.4 Å². The predicted molar refractivity (Wildman–Crippen MR) is 89.1 cm³/mol. The zero-order valence-corrected chi connectivity index (χ0v) is 15.3. The summed E-state index contributed by atoms with van der Waals surface area (Å²) in [4.78, 5) is 0.215.